The summed E-state index contributed by atoms with van der Waals surface area (Å²) in [5, 5.41) is 11.8. The Balaban J connectivity index is 2.55. The van der Waals surface area contributed by atoms with Gasteiger partial charge in [0, 0.05) is 34.1 Å². The van der Waals surface area contributed by atoms with Crippen molar-refractivity contribution in [3.05, 3.63) is 29.8 Å². The normalized spacial score (nSPS) is 14.1. The van der Waals surface area contributed by atoms with Crippen LogP contribution in [0.1, 0.15) is 23.7 Å². The highest BCUT2D eigenvalue weighted by Crippen LogP contribution is 2.07. The molecule has 0 spiro atoms. The van der Waals surface area contributed by atoms with Gasteiger partial charge < -0.3 is 10.4 Å². The first kappa shape index (κ1) is 13.9. The highest BCUT2D eigenvalue weighted by atomic mass is 32.2. The molecule has 1 amide bonds. The number of carbonyl (C=O) groups is 1. The Labute approximate surface area is 104 Å². The average Bonchev–Trinajstić information content (AvgIpc) is 2.28. The third-order valence-electron chi connectivity index (χ3n) is 2.30. The van der Waals surface area contributed by atoms with Gasteiger partial charge in [0.2, 0.25) is 0 Å². The molecule has 0 heterocycles. The molecule has 1 aromatic rings. The van der Waals surface area contributed by atoms with E-state index in [-0.39, 0.29) is 5.91 Å². The van der Waals surface area contributed by atoms with E-state index < -0.39 is 16.9 Å². The number of benzene rings is 1. The van der Waals surface area contributed by atoms with Crippen molar-refractivity contribution in [3.63, 3.8) is 0 Å². The summed E-state index contributed by atoms with van der Waals surface area (Å²) in [6, 6.07) is 6.66. The van der Waals surface area contributed by atoms with Crippen LogP contribution >= 0.6 is 0 Å². The van der Waals surface area contributed by atoms with Crippen molar-refractivity contribution in [2.45, 2.75) is 24.3 Å². The van der Waals surface area contributed by atoms with E-state index in [1.165, 1.54) is 0 Å². The van der Waals surface area contributed by atoms with Gasteiger partial charge in [-0.1, -0.05) is 0 Å². The molecule has 0 aromatic heterocycles. The van der Waals surface area contributed by atoms with Crippen molar-refractivity contribution in [1.82, 2.24) is 5.32 Å². The Kier molecular flexibility index (Phi) is 5.31. The van der Waals surface area contributed by atoms with E-state index >= 15 is 0 Å². The lowest BCUT2D eigenvalue weighted by Gasteiger charge is -2.07. The molecule has 0 aliphatic rings. The highest BCUT2D eigenvalue weighted by Gasteiger charge is 2.06. The Bertz CT molecular complexity index is 401. The lowest BCUT2D eigenvalue weighted by Crippen LogP contribution is -2.26. The summed E-state index contributed by atoms with van der Waals surface area (Å²) in [6.07, 6.45) is 1.71. The molecule has 1 aromatic carbocycles. The van der Waals surface area contributed by atoms with Crippen LogP contribution in [0.5, 0.6) is 0 Å². The molecule has 0 saturated heterocycles. The first-order valence-electron chi connectivity index (χ1n) is 5.40. The monoisotopic (exact) mass is 255 g/mol. The smallest absolute Gasteiger partial charge is 0.251 e. The van der Waals surface area contributed by atoms with Gasteiger partial charge in [-0.05, 0) is 37.6 Å². The SMILES string of the molecule is CC(O)CCNC(=O)c1ccc(S(C)=O)cc1. The van der Waals surface area contributed by atoms with E-state index in [1.807, 2.05) is 0 Å². The number of hydrogen-bond acceptors (Lipinski definition) is 3. The van der Waals surface area contributed by atoms with Crippen LogP contribution in [0.3, 0.4) is 0 Å². The van der Waals surface area contributed by atoms with Gasteiger partial charge >= 0.3 is 0 Å². The van der Waals surface area contributed by atoms with Crippen LogP contribution in [-0.4, -0.2) is 34.1 Å². The standard InChI is InChI=1S/C12H17NO3S/c1-9(14)7-8-13-12(15)10-3-5-11(6-4-10)17(2)16/h3-6,9,14H,7-8H2,1-2H3,(H,13,15). The number of amides is 1. The number of nitrogens with one attached hydrogen (secondary N) is 1. The first-order chi connectivity index (χ1) is 8.00. The Morgan fingerprint density at radius 1 is 1.41 bits per heavy atom. The van der Waals surface area contributed by atoms with E-state index in [4.69, 9.17) is 5.11 Å². The Morgan fingerprint density at radius 2 is 2.00 bits per heavy atom. The molecule has 2 N–H and O–H groups in total. The van der Waals surface area contributed by atoms with Crippen LogP contribution in [-0.2, 0) is 10.8 Å². The summed E-state index contributed by atoms with van der Waals surface area (Å²) in [6.45, 7) is 2.12. The minimum atomic E-state index is -1.03. The van der Waals surface area contributed by atoms with Crippen molar-refractivity contribution < 1.29 is 14.1 Å². The van der Waals surface area contributed by atoms with Crippen molar-refractivity contribution in [2.75, 3.05) is 12.8 Å². The lowest BCUT2D eigenvalue weighted by atomic mass is 10.2. The number of aliphatic hydroxyl groups excluding tert-OH is 1. The van der Waals surface area contributed by atoms with Crippen LogP contribution in [0, 0.1) is 0 Å². The maximum Gasteiger partial charge on any atom is 0.251 e. The summed E-state index contributed by atoms with van der Waals surface area (Å²) in [5.41, 5.74) is 0.532. The van der Waals surface area contributed by atoms with E-state index in [0.29, 0.717) is 23.4 Å². The summed E-state index contributed by atoms with van der Waals surface area (Å²) in [4.78, 5) is 12.3. The summed E-state index contributed by atoms with van der Waals surface area (Å²) < 4.78 is 11.2. The fraction of sp³-hybridized carbons (Fsp3) is 0.417. The van der Waals surface area contributed by atoms with Crippen LogP contribution in [0.2, 0.25) is 0 Å². The Morgan fingerprint density at radius 3 is 2.47 bits per heavy atom. The van der Waals surface area contributed by atoms with Crippen molar-refractivity contribution in [1.29, 1.82) is 0 Å². The minimum absolute atomic E-state index is 0.181. The van der Waals surface area contributed by atoms with E-state index in [0.717, 1.165) is 0 Å². The van der Waals surface area contributed by atoms with Crippen LogP contribution in [0.15, 0.2) is 29.2 Å². The molecule has 17 heavy (non-hydrogen) atoms. The summed E-state index contributed by atoms with van der Waals surface area (Å²) in [7, 11) is -1.03. The predicted octanol–water partition coefficient (Wildman–Crippen LogP) is 0.925. The Hall–Kier alpha value is -1.20. The quantitative estimate of drug-likeness (QED) is 0.822. The molecule has 2 atom stereocenters. The lowest BCUT2D eigenvalue weighted by molar-refractivity contribution is 0.0945. The molecule has 0 bridgehead atoms. The molecule has 0 radical (unpaired) electrons. The van der Waals surface area contributed by atoms with E-state index in [9.17, 15) is 9.00 Å². The molecule has 4 nitrogen and oxygen atoms in total. The molecule has 0 aliphatic carbocycles. The average molecular weight is 255 g/mol. The third kappa shape index (κ3) is 4.66. The summed E-state index contributed by atoms with van der Waals surface area (Å²) >= 11 is 0. The fourth-order valence-corrected chi connectivity index (χ4v) is 1.81. The van der Waals surface area contributed by atoms with Crippen LogP contribution < -0.4 is 5.32 Å². The molecule has 2 unspecified atom stereocenters. The topological polar surface area (TPSA) is 66.4 Å². The van der Waals surface area contributed by atoms with Crippen LogP contribution in [0.4, 0.5) is 0 Å². The molecule has 94 valence electrons. The molecule has 0 saturated carbocycles. The highest BCUT2D eigenvalue weighted by molar-refractivity contribution is 7.84. The number of hydrogen-bond donors (Lipinski definition) is 2. The fourth-order valence-electron chi connectivity index (χ4n) is 1.29. The van der Waals surface area contributed by atoms with Gasteiger partial charge in [-0.2, -0.15) is 0 Å². The summed E-state index contributed by atoms with van der Waals surface area (Å²) in [5.74, 6) is -0.181. The first-order valence-corrected chi connectivity index (χ1v) is 6.96. The number of carbonyl (C=O) groups excluding carboxylic acids is 1. The molecule has 0 fully saturated rings. The van der Waals surface area contributed by atoms with E-state index in [1.54, 1.807) is 37.4 Å². The zero-order valence-electron chi connectivity index (χ0n) is 9.97. The van der Waals surface area contributed by atoms with Crippen LogP contribution in [0.25, 0.3) is 0 Å². The maximum atomic E-state index is 11.6. The second-order valence-electron chi connectivity index (χ2n) is 3.87. The number of aliphatic hydroxyl groups is 1. The zero-order chi connectivity index (χ0) is 12.8. The number of rotatable bonds is 5. The molecule has 5 heteroatoms. The van der Waals surface area contributed by atoms with Gasteiger partial charge in [-0.3, -0.25) is 9.00 Å². The molecule has 0 aliphatic heterocycles. The largest absolute Gasteiger partial charge is 0.393 e. The second kappa shape index (κ2) is 6.51. The third-order valence-corrected chi connectivity index (χ3v) is 3.23. The van der Waals surface area contributed by atoms with Gasteiger partial charge in [-0.25, -0.2) is 0 Å². The van der Waals surface area contributed by atoms with Gasteiger partial charge in [0.1, 0.15) is 0 Å². The minimum Gasteiger partial charge on any atom is -0.393 e. The van der Waals surface area contributed by atoms with Gasteiger partial charge in [0.05, 0.1) is 6.10 Å². The van der Waals surface area contributed by atoms with Crippen molar-refractivity contribution >= 4 is 16.7 Å². The zero-order valence-corrected chi connectivity index (χ0v) is 10.8. The van der Waals surface area contributed by atoms with Crippen molar-refractivity contribution in [2.24, 2.45) is 0 Å². The predicted molar refractivity (Wildman–Crippen MR) is 67.4 cm³/mol. The van der Waals surface area contributed by atoms with Gasteiger partial charge in [-0.15, -0.1) is 0 Å². The maximum absolute atomic E-state index is 11.6. The molecular formula is C12H17NO3S. The molecule has 1 rings (SSSR count). The van der Waals surface area contributed by atoms with Gasteiger partial charge in [0.25, 0.3) is 5.91 Å². The van der Waals surface area contributed by atoms with Gasteiger partial charge in [0.15, 0.2) is 0 Å². The second-order valence-corrected chi connectivity index (χ2v) is 5.25. The molecular weight excluding hydrogens is 238 g/mol. The van der Waals surface area contributed by atoms with E-state index in [2.05, 4.69) is 5.32 Å². The van der Waals surface area contributed by atoms with Crippen molar-refractivity contribution in [3.8, 4) is 0 Å².